The average Bonchev–Trinajstić information content (AvgIpc) is 2.14. The van der Waals surface area contributed by atoms with Gasteiger partial charge >= 0.3 is 51.4 Å². The van der Waals surface area contributed by atoms with E-state index in [2.05, 4.69) is 4.98 Å². The molecule has 0 amide bonds. The summed E-state index contributed by atoms with van der Waals surface area (Å²) in [6.07, 6.45) is 0.711. The van der Waals surface area contributed by atoms with Crippen molar-refractivity contribution in [3.05, 3.63) is 23.5 Å². The zero-order valence-corrected chi connectivity index (χ0v) is 14.9. The van der Waals surface area contributed by atoms with Gasteiger partial charge in [-0.3, -0.25) is 4.98 Å². The van der Waals surface area contributed by atoms with Gasteiger partial charge in [0.2, 0.25) is 0 Å². The summed E-state index contributed by atoms with van der Waals surface area (Å²) in [6.45, 7) is 7.44. The first-order chi connectivity index (χ1) is 7.16. The summed E-state index contributed by atoms with van der Waals surface area (Å²) in [4.78, 5) is 4.04. The zero-order valence-electron chi connectivity index (χ0n) is 10.9. The van der Waals surface area contributed by atoms with E-state index in [1.54, 1.807) is 6.07 Å². The van der Waals surface area contributed by atoms with E-state index < -0.39 is 15.5 Å². The third-order valence-corrected chi connectivity index (χ3v) is 3.13. The van der Waals surface area contributed by atoms with Gasteiger partial charge < -0.3 is 4.55 Å². The molecule has 4 nitrogen and oxygen atoms in total. The summed E-state index contributed by atoms with van der Waals surface area (Å²) in [6, 6.07) is 2.94. The van der Waals surface area contributed by atoms with Crippen LogP contribution in [0.5, 0.6) is 0 Å². The van der Waals surface area contributed by atoms with Crippen molar-refractivity contribution in [3.8, 4) is 0 Å². The van der Waals surface area contributed by atoms with Crippen LogP contribution in [0, 0.1) is 0 Å². The molecule has 17 heavy (non-hydrogen) atoms. The fraction of sp³-hybridized carbons (Fsp3) is 0.545. The molecule has 0 saturated heterocycles. The Kier molecular flexibility index (Phi) is 6.49. The summed E-state index contributed by atoms with van der Waals surface area (Å²) in [5, 5.41) is 0. The number of aromatic nitrogens is 1. The second kappa shape index (κ2) is 6.23. The van der Waals surface area contributed by atoms with E-state index >= 15 is 0 Å². The molecule has 0 aliphatic carbocycles. The van der Waals surface area contributed by atoms with Crippen molar-refractivity contribution in [3.63, 3.8) is 0 Å². The Morgan fingerprint density at radius 3 is 2.18 bits per heavy atom. The summed E-state index contributed by atoms with van der Waals surface area (Å²) in [5.41, 5.74) is 0.678. The molecule has 0 atom stereocenters. The Labute approximate surface area is 145 Å². The molecule has 0 aromatic carbocycles. The van der Waals surface area contributed by atoms with Gasteiger partial charge in [-0.25, -0.2) is 8.42 Å². The van der Waals surface area contributed by atoms with Crippen molar-refractivity contribution in [2.75, 3.05) is 0 Å². The maximum atomic E-state index is 11.1. The number of pyridine rings is 1. The molecule has 0 spiro atoms. The standard InChI is InChI=1S/C11H17NO3S.K/c1-5-8-6-7-9(16(13,14)15)10(12-8)11(2,3)4;/h6-7H,5H2,1-4H3,(H,13,14,15);/q;+1/p-1. The summed E-state index contributed by atoms with van der Waals surface area (Å²) < 4.78 is 33.3. The normalized spacial score (nSPS) is 12.1. The van der Waals surface area contributed by atoms with Crippen LogP contribution in [0.25, 0.3) is 0 Å². The van der Waals surface area contributed by atoms with Gasteiger partial charge in [0.1, 0.15) is 10.1 Å². The Morgan fingerprint density at radius 2 is 1.82 bits per heavy atom. The van der Waals surface area contributed by atoms with Crippen LogP contribution >= 0.6 is 0 Å². The van der Waals surface area contributed by atoms with Gasteiger partial charge in [-0.2, -0.15) is 0 Å². The second-order valence-electron chi connectivity index (χ2n) is 4.71. The summed E-state index contributed by atoms with van der Waals surface area (Å²) >= 11 is 0. The molecule has 1 rings (SSSR count). The number of hydrogen-bond donors (Lipinski definition) is 0. The molecule has 0 aliphatic heterocycles. The average molecular weight is 281 g/mol. The van der Waals surface area contributed by atoms with Crippen LogP contribution in [0.4, 0.5) is 0 Å². The summed E-state index contributed by atoms with van der Waals surface area (Å²) in [5.74, 6) is 0. The number of hydrogen-bond acceptors (Lipinski definition) is 4. The monoisotopic (exact) mass is 281 g/mol. The molecule has 1 aromatic heterocycles. The van der Waals surface area contributed by atoms with Crippen LogP contribution in [0.3, 0.4) is 0 Å². The van der Waals surface area contributed by atoms with Gasteiger partial charge in [-0.05, 0) is 18.6 Å². The molecule has 1 heterocycles. The Bertz CT molecular complexity index is 492. The summed E-state index contributed by atoms with van der Waals surface area (Å²) in [7, 11) is -4.45. The van der Waals surface area contributed by atoms with Crippen LogP contribution < -0.4 is 51.4 Å². The molecular formula is C11H16KNO3S. The van der Waals surface area contributed by atoms with Gasteiger partial charge in [0, 0.05) is 11.1 Å². The van der Waals surface area contributed by atoms with Crippen LogP contribution in [0.15, 0.2) is 17.0 Å². The number of aryl methyl sites for hydroxylation is 1. The molecule has 6 heteroatoms. The van der Waals surface area contributed by atoms with Crippen molar-refractivity contribution in [2.45, 2.75) is 44.4 Å². The molecule has 0 aliphatic rings. The fourth-order valence-electron chi connectivity index (χ4n) is 1.42. The maximum Gasteiger partial charge on any atom is 1.00 e. The minimum absolute atomic E-state index is 0. The molecule has 90 valence electrons. The number of nitrogens with zero attached hydrogens (tertiary/aromatic N) is 1. The SMILES string of the molecule is CCc1ccc(S(=O)(=O)[O-])c(C(C)(C)C)n1.[K+]. The van der Waals surface area contributed by atoms with Gasteiger partial charge in [0.05, 0.1) is 10.6 Å². The van der Waals surface area contributed by atoms with E-state index in [1.807, 2.05) is 27.7 Å². The molecule has 0 saturated carbocycles. The quantitative estimate of drug-likeness (QED) is 0.507. The van der Waals surface area contributed by atoms with Crippen LogP contribution in [-0.2, 0) is 22.0 Å². The largest absolute Gasteiger partial charge is 1.00 e. The minimum atomic E-state index is -4.45. The number of rotatable bonds is 2. The fourth-order valence-corrected chi connectivity index (χ4v) is 2.25. The molecule has 0 bridgehead atoms. The van der Waals surface area contributed by atoms with Crippen LogP contribution in [0.1, 0.15) is 39.1 Å². The maximum absolute atomic E-state index is 11.1. The van der Waals surface area contributed by atoms with Crippen LogP contribution in [0.2, 0.25) is 0 Å². The smallest absolute Gasteiger partial charge is 0.744 e. The Morgan fingerprint density at radius 1 is 1.29 bits per heavy atom. The van der Waals surface area contributed by atoms with Gasteiger partial charge in [0.25, 0.3) is 0 Å². The molecule has 0 radical (unpaired) electrons. The third-order valence-electron chi connectivity index (χ3n) is 2.26. The first-order valence-electron chi connectivity index (χ1n) is 5.12. The Hall–Kier alpha value is 0.696. The van der Waals surface area contributed by atoms with Crippen molar-refractivity contribution in [1.29, 1.82) is 0 Å². The molecular weight excluding hydrogens is 265 g/mol. The Balaban J connectivity index is 0.00000256. The van der Waals surface area contributed by atoms with Crippen molar-refractivity contribution in [1.82, 2.24) is 4.98 Å². The molecule has 0 unspecified atom stereocenters. The van der Waals surface area contributed by atoms with E-state index in [1.165, 1.54) is 6.07 Å². The van der Waals surface area contributed by atoms with E-state index in [-0.39, 0.29) is 56.3 Å². The topological polar surface area (TPSA) is 70.1 Å². The van der Waals surface area contributed by atoms with Crippen molar-refractivity contribution in [2.24, 2.45) is 0 Å². The minimum Gasteiger partial charge on any atom is -0.744 e. The van der Waals surface area contributed by atoms with E-state index in [0.717, 1.165) is 5.69 Å². The first-order valence-corrected chi connectivity index (χ1v) is 6.53. The zero-order chi connectivity index (χ0) is 12.6. The van der Waals surface area contributed by atoms with Crippen molar-refractivity contribution >= 4 is 10.1 Å². The van der Waals surface area contributed by atoms with E-state index in [0.29, 0.717) is 12.1 Å². The van der Waals surface area contributed by atoms with E-state index in [9.17, 15) is 13.0 Å². The van der Waals surface area contributed by atoms with Gasteiger partial charge in [-0.15, -0.1) is 0 Å². The first kappa shape index (κ1) is 17.7. The van der Waals surface area contributed by atoms with E-state index in [4.69, 9.17) is 0 Å². The van der Waals surface area contributed by atoms with Crippen LogP contribution in [-0.4, -0.2) is 18.0 Å². The predicted octanol–water partition coefficient (Wildman–Crippen LogP) is -1.15. The van der Waals surface area contributed by atoms with Crippen molar-refractivity contribution < 1.29 is 64.4 Å². The van der Waals surface area contributed by atoms with Gasteiger partial charge in [-0.1, -0.05) is 27.7 Å². The molecule has 0 N–H and O–H groups in total. The third kappa shape index (κ3) is 4.70. The van der Waals surface area contributed by atoms with Gasteiger partial charge in [0.15, 0.2) is 0 Å². The second-order valence-corrected chi connectivity index (χ2v) is 6.06. The molecule has 1 aromatic rings. The predicted molar refractivity (Wildman–Crippen MR) is 60.3 cm³/mol. The molecule has 0 fully saturated rings.